The largest absolute Gasteiger partial charge is 0.308 e. The molecule has 0 saturated carbocycles. The number of nitrogens with zero attached hydrogens (tertiary/aromatic N) is 1. The Kier molecular flexibility index (Phi) is 5.01. The first-order valence-corrected chi connectivity index (χ1v) is 5.85. The van der Waals surface area contributed by atoms with Crippen molar-refractivity contribution in [2.75, 3.05) is 6.54 Å². The molecule has 1 rings (SSSR count). The number of aromatic nitrogens is 1. The molecule has 3 heteroatoms. The van der Waals surface area contributed by atoms with Crippen molar-refractivity contribution in [3.05, 3.63) is 16.6 Å². The summed E-state index contributed by atoms with van der Waals surface area (Å²) in [5.41, 5.74) is 0. The smallest absolute Gasteiger partial charge is 0.109 e. The molecule has 1 N–H and O–H groups in total. The van der Waals surface area contributed by atoms with Gasteiger partial charge in [-0.3, -0.25) is 0 Å². The van der Waals surface area contributed by atoms with E-state index < -0.39 is 0 Å². The molecule has 0 saturated heterocycles. The van der Waals surface area contributed by atoms with Crippen LogP contribution in [-0.4, -0.2) is 11.5 Å². The Morgan fingerprint density at radius 1 is 1.54 bits per heavy atom. The number of rotatable bonds is 6. The summed E-state index contributed by atoms with van der Waals surface area (Å²) in [4.78, 5) is 4.27. The third-order valence-electron chi connectivity index (χ3n) is 2.05. The summed E-state index contributed by atoms with van der Waals surface area (Å²) in [6.07, 6.45) is 5.74. The minimum Gasteiger partial charge on any atom is -0.308 e. The zero-order chi connectivity index (χ0) is 9.52. The Bertz CT molecular complexity index is 209. The molecular formula is C10H18N2S. The van der Waals surface area contributed by atoms with Crippen LogP contribution in [0, 0.1) is 0 Å². The van der Waals surface area contributed by atoms with E-state index >= 15 is 0 Å². The quantitative estimate of drug-likeness (QED) is 0.711. The molecule has 0 fully saturated rings. The lowest BCUT2D eigenvalue weighted by Gasteiger charge is -2.10. The van der Waals surface area contributed by atoms with E-state index in [-0.39, 0.29) is 0 Å². The maximum atomic E-state index is 4.27. The minimum atomic E-state index is 0.414. The average molecular weight is 198 g/mol. The third kappa shape index (κ3) is 3.87. The molecular weight excluding hydrogens is 180 g/mol. The van der Waals surface area contributed by atoms with Crippen LogP contribution in [-0.2, 0) is 0 Å². The predicted octanol–water partition coefficient (Wildman–Crippen LogP) is 2.98. The van der Waals surface area contributed by atoms with Gasteiger partial charge in [0.05, 0.1) is 6.04 Å². The molecule has 1 atom stereocenters. The first kappa shape index (κ1) is 10.7. The first-order chi connectivity index (χ1) is 6.34. The van der Waals surface area contributed by atoms with Crippen molar-refractivity contribution in [2.45, 2.75) is 39.2 Å². The molecule has 0 aliphatic carbocycles. The lowest BCUT2D eigenvalue weighted by Crippen LogP contribution is -2.19. The summed E-state index contributed by atoms with van der Waals surface area (Å²) in [5, 5.41) is 6.69. The van der Waals surface area contributed by atoms with E-state index in [1.165, 1.54) is 24.3 Å². The van der Waals surface area contributed by atoms with E-state index in [0.717, 1.165) is 6.54 Å². The van der Waals surface area contributed by atoms with Crippen molar-refractivity contribution in [1.29, 1.82) is 0 Å². The second-order valence-corrected chi connectivity index (χ2v) is 4.18. The van der Waals surface area contributed by atoms with Crippen molar-refractivity contribution in [1.82, 2.24) is 10.3 Å². The van der Waals surface area contributed by atoms with Crippen LogP contribution in [0.2, 0.25) is 0 Å². The summed E-state index contributed by atoms with van der Waals surface area (Å²) in [6.45, 7) is 5.50. The lowest BCUT2D eigenvalue weighted by atomic mass is 10.2. The van der Waals surface area contributed by atoms with Gasteiger partial charge in [0.2, 0.25) is 0 Å². The van der Waals surface area contributed by atoms with Gasteiger partial charge in [-0.05, 0) is 19.9 Å². The highest BCUT2D eigenvalue weighted by atomic mass is 32.1. The van der Waals surface area contributed by atoms with E-state index in [4.69, 9.17) is 0 Å². The molecule has 0 aromatic carbocycles. The molecule has 1 aromatic heterocycles. The highest BCUT2D eigenvalue weighted by molar-refractivity contribution is 7.09. The van der Waals surface area contributed by atoms with Gasteiger partial charge in [0, 0.05) is 11.6 Å². The zero-order valence-corrected chi connectivity index (χ0v) is 9.23. The molecule has 2 nitrogen and oxygen atoms in total. The molecule has 0 aliphatic heterocycles. The fourth-order valence-electron chi connectivity index (χ4n) is 1.23. The first-order valence-electron chi connectivity index (χ1n) is 4.97. The zero-order valence-electron chi connectivity index (χ0n) is 8.42. The van der Waals surface area contributed by atoms with Crippen molar-refractivity contribution in [2.24, 2.45) is 0 Å². The van der Waals surface area contributed by atoms with Crippen molar-refractivity contribution >= 4 is 11.3 Å². The van der Waals surface area contributed by atoms with Gasteiger partial charge in [0.25, 0.3) is 0 Å². The van der Waals surface area contributed by atoms with E-state index in [9.17, 15) is 0 Å². The van der Waals surface area contributed by atoms with Gasteiger partial charge in [-0.25, -0.2) is 4.98 Å². The summed E-state index contributed by atoms with van der Waals surface area (Å²) >= 11 is 1.72. The highest BCUT2D eigenvalue weighted by Crippen LogP contribution is 2.14. The third-order valence-corrected chi connectivity index (χ3v) is 3.01. The van der Waals surface area contributed by atoms with E-state index in [1.807, 2.05) is 11.6 Å². The van der Waals surface area contributed by atoms with E-state index in [0.29, 0.717) is 6.04 Å². The molecule has 1 aromatic rings. The van der Waals surface area contributed by atoms with Gasteiger partial charge in [0.1, 0.15) is 5.01 Å². The Balaban J connectivity index is 2.15. The maximum absolute atomic E-state index is 4.27. The van der Waals surface area contributed by atoms with Crippen LogP contribution in [0.15, 0.2) is 11.6 Å². The molecule has 74 valence electrons. The number of hydrogen-bond acceptors (Lipinski definition) is 3. The highest BCUT2D eigenvalue weighted by Gasteiger charge is 2.05. The van der Waals surface area contributed by atoms with Crippen LogP contribution >= 0.6 is 11.3 Å². The molecule has 0 aliphatic rings. The molecule has 0 spiro atoms. The number of unbranched alkanes of at least 4 members (excludes halogenated alkanes) is 2. The van der Waals surface area contributed by atoms with Crippen LogP contribution < -0.4 is 5.32 Å². The van der Waals surface area contributed by atoms with Crippen LogP contribution in [0.4, 0.5) is 0 Å². The molecule has 0 unspecified atom stereocenters. The van der Waals surface area contributed by atoms with E-state index in [1.54, 1.807) is 11.3 Å². The van der Waals surface area contributed by atoms with Crippen LogP contribution in [0.5, 0.6) is 0 Å². The van der Waals surface area contributed by atoms with Gasteiger partial charge in [-0.1, -0.05) is 19.8 Å². The summed E-state index contributed by atoms with van der Waals surface area (Å²) < 4.78 is 0. The minimum absolute atomic E-state index is 0.414. The summed E-state index contributed by atoms with van der Waals surface area (Å²) in [5.74, 6) is 0. The maximum Gasteiger partial charge on any atom is 0.109 e. The normalized spacial score (nSPS) is 13.1. The number of hydrogen-bond donors (Lipinski definition) is 1. The Morgan fingerprint density at radius 3 is 3.00 bits per heavy atom. The summed E-state index contributed by atoms with van der Waals surface area (Å²) in [6, 6.07) is 0.414. The van der Waals surface area contributed by atoms with Crippen molar-refractivity contribution in [3.8, 4) is 0 Å². The Hall–Kier alpha value is -0.410. The lowest BCUT2D eigenvalue weighted by molar-refractivity contribution is 0.542. The summed E-state index contributed by atoms with van der Waals surface area (Å²) in [7, 11) is 0. The molecule has 1 heterocycles. The molecule has 0 radical (unpaired) electrons. The number of nitrogens with one attached hydrogen (secondary N) is 1. The SMILES string of the molecule is CCCCCN[C@@H](C)c1nccs1. The monoisotopic (exact) mass is 198 g/mol. The topological polar surface area (TPSA) is 24.9 Å². The second-order valence-electron chi connectivity index (χ2n) is 3.25. The molecule has 0 bridgehead atoms. The standard InChI is InChI=1S/C10H18N2S/c1-3-4-5-6-11-9(2)10-12-7-8-13-10/h7-9,11H,3-6H2,1-2H3/t9-/m0/s1. The Morgan fingerprint density at radius 2 is 2.38 bits per heavy atom. The molecule has 0 amide bonds. The van der Waals surface area contributed by atoms with Crippen molar-refractivity contribution < 1.29 is 0 Å². The fourth-order valence-corrected chi connectivity index (χ4v) is 1.90. The Labute approximate surface area is 84.4 Å². The van der Waals surface area contributed by atoms with Crippen LogP contribution in [0.3, 0.4) is 0 Å². The molecule has 13 heavy (non-hydrogen) atoms. The average Bonchev–Trinajstić information content (AvgIpc) is 2.65. The fraction of sp³-hybridized carbons (Fsp3) is 0.700. The van der Waals surface area contributed by atoms with Gasteiger partial charge in [-0.2, -0.15) is 0 Å². The predicted molar refractivity (Wildman–Crippen MR) is 58.1 cm³/mol. The van der Waals surface area contributed by atoms with Crippen molar-refractivity contribution in [3.63, 3.8) is 0 Å². The van der Waals surface area contributed by atoms with Crippen LogP contribution in [0.1, 0.15) is 44.2 Å². The van der Waals surface area contributed by atoms with Crippen LogP contribution in [0.25, 0.3) is 0 Å². The van der Waals surface area contributed by atoms with Gasteiger partial charge < -0.3 is 5.32 Å². The van der Waals surface area contributed by atoms with Gasteiger partial charge >= 0.3 is 0 Å². The second kappa shape index (κ2) is 6.11. The van der Waals surface area contributed by atoms with Gasteiger partial charge in [0.15, 0.2) is 0 Å². The van der Waals surface area contributed by atoms with Gasteiger partial charge in [-0.15, -0.1) is 11.3 Å². The number of thiazole rings is 1. The van der Waals surface area contributed by atoms with E-state index in [2.05, 4.69) is 24.1 Å².